The Morgan fingerprint density at radius 2 is 1.88 bits per heavy atom. The molecule has 0 aliphatic heterocycles. The molecule has 1 atom stereocenters. The average molecular weight is 373 g/mol. The van der Waals surface area contributed by atoms with Crippen LogP contribution >= 0.6 is 22.7 Å². The minimum Gasteiger partial charge on any atom is -0.390 e. The first-order chi connectivity index (χ1) is 11.1. The van der Waals surface area contributed by atoms with Crippen LogP contribution in [-0.2, 0) is 5.60 Å². The van der Waals surface area contributed by atoms with E-state index in [-0.39, 0.29) is 10.6 Å². The number of hydrogen-bond acceptors (Lipinski definition) is 6. The summed E-state index contributed by atoms with van der Waals surface area (Å²) in [5.41, 5.74) is 7.35. The van der Waals surface area contributed by atoms with E-state index in [4.69, 9.17) is 11.5 Å². The lowest BCUT2D eigenvalue weighted by Gasteiger charge is -2.27. The van der Waals surface area contributed by atoms with Gasteiger partial charge in [0.1, 0.15) is 5.01 Å². The molecular formula is C14H10F3N3O2S2. The molecule has 0 saturated heterocycles. The summed E-state index contributed by atoms with van der Waals surface area (Å²) in [7, 11) is 0. The van der Waals surface area contributed by atoms with Crippen molar-refractivity contribution in [2.45, 2.75) is 11.8 Å². The molecule has 0 aliphatic rings. The van der Waals surface area contributed by atoms with Crippen molar-refractivity contribution < 1.29 is 23.1 Å². The number of nitrogens with zero attached hydrogens (tertiary/aromatic N) is 1. The van der Waals surface area contributed by atoms with Gasteiger partial charge in [-0.15, -0.1) is 22.7 Å². The van der Waals surface area contributed by atoms with E-state index < -0.39 is 27.6 Å². The lowest BCUT2D eigenvalue weighted by atomic mass is 10.0. The lowest BCUT2D eigenvalue weighted by Crippen LogP contribution is -2.42. The second-order valence-electron chi connectivity index (χ2n) is 4.95. The van der Waals surface area contributed by atoms with Gasteiger partial charge in [0.15, 0.2) is 0 Å². The van der Waals surface area contributed by atoms with Crippen LogP contribution in [0.4, 0.5) is 18.2 Å². The van der Waals surface area contributed by atoms with Crippen molar-refractivity contribution in [2.24, 2.45) is 5.73 Å². The van der Waals surface area contributed by atoms with Crippen molar-refractivity contribution in [3.8, 4) is 0 Å². The van der Waals surface area contributed by atoms with E-state index in [0.717, 1.165) is 17.4 Å². The number of nitrogen functional groups attached to an aromatic ring is 1. The van der Waals surface area contributed by atoms with E-state index >= 15 is 0 Å². The Hall–Kier alpha value is -2.17. The van der Waals surface area contributed by atoms with Crippen molar-refractivity contribution >= 4 is 43.8 Å². The zero-order valence-corrected chi connectivity index (χ0v) is 13.4. The van der Waals surface area contributed by atoms with Crippen LogP contribution in [0, 0.1) is 0 Å². The Kier molecular flexibility index (Phi) is 3.78. The SMILES string of the molecule is NC(=O)c1cc(C(O)(c2nc3ccccc3s2)C(F)(F)F)sc1N. The van der Waals surface area contributed by atoms with E-state index in [2.05, 4.69) is 4.98 Å². The van der Waals surface area contributed by atoms with Crippen molar-refractivity contribution in [1.82, 2.24) is 4.98 Å². The highest BCUT2D eigenvalue weighted by Crippen LogP contribution is 2.49. The number of alkyl halides is 3. The normalized spacial score (nSPS) is 14.7. The maximum atomic E-state index is 13.7. The summed E-state index contributed by atoms with van der Waals surface area (Å²) in [5.74, 6) is -0.969. The van der Waals surface area contributed by atoms with Crippen LogP contribution in [0.1, 0.15) is 20.2 Å². The molecule has 5 N–H and O–H groups in total. The van der Waals surface area contributed by atoms with Gasteiger partial charge in [0.2, 0.25) is 5.60 Å². The van der Waals surface area contributed by atoms with Gasteiger partial charge in [-0.1, -0.05) is 12.1 Å². The zero-order chi connectivity index (χ0) is 17.7. The number of amides is 1. The molecule has 0 bridgehead atoms. The number of carbonyl (C=O) groups is 1. The molecule has 126 valence electrons. The van der Waals surface area contributed by atoms with E-state index in [1.807, 2.05) is 0 Å². The third-order valence-electron chi connectivity index (χ3n) is 3.40. The first-order valence-corrected chi connectivity index (χ1v) is 8.12. The molecule has 2 aromatic heterocycles. The van der Waals surface area contributed by atoms with Crippen molar-refractivity contribution in [3.63, 3.8) is 0 Å². The summed E-state index contributed by atoms with van der Waals surface area (Å²) in [6.07, 6.45) is -5.06. The molecule has 5 nitrogen and oxygen atoms in total. The average Bonchev–Trinajstić information content (AvgIpc) is 3.08. The lowest BCUT2D eigenvalue weighted by molar-refractivity contribution is -0.247. The highest BCUT2D eigenvalue weighted by Gasteiger charge is 2.59. The van der Waals surface area contributed by atoms with Gasteiger partial charge in [-0.05, 0) is 18.2 Å². The molecule has 1 unspecified atom stereocenters. The topological polar surface area (TPSA) is 102 Å². The second kappa shape index (κ2) is 5.43. The number of nitrogens with two attached hydrogens (primary N) is 2. The summed E-state index contributed by atoms with van der Waals surface area (Å²) in [4.78, 5) is 14.6. The van der Waals surface area contributed by atoms with E-state index in [9.17, 15) is 23.1 Å². The van der Waals surface area contributed by atoms with Gasteiger partial charge in [0, 0.05) is 0 Å². The van der Waals surface area contributed by atoms with Crippen LogP contribution in [0.15, 0.2) is 30.3 Å². The third kappa shape index (κ3) is 2.43. The highest BCUT2D eigenvalue weighted by atomic mass is 32.1. The molecular weight excluding hydrogens is 363 g/mol. The number of hydrogen-bond donors (Lipinski definition) is 3. The van der Waals surface area contributed by atoms with Gasteiger partial charge in [0.05, 0.1) is 25.7 Å². The standard InChI is InChI=1S/C14H10F3N3O2S2/c15-14(16,17)13(22,9-5-6(10(18)21)11(19)24-9)12-20-7-3-1-2-4-8(7)23-12/h1-5,22H,19H2,(H2,18,21). The van der Waals surface area contributed by atoms with E-state index in [0.29, 0.717) is 21.6 Å². The summed E-state index contributed by atoms with van der Waals surface area (Å²) in [5, 5.41) is 9.80. The summed E-state index contributed by atoms with van der Waals surface area (Å²) in [6, 6.07) is 7.30. The number of fused-ring (bicyclic) bond motifs is 1. The molecule has 1 amide bonds. The van der Waals surface area contributed by atoms with Crippen LogP contribution in [0.3, 0.4) is 0 Å². The maximum absolute atomic E-state index is 13.7. The minimum atomic E-state index is -5.06. The fourth-order valence-electron chi connectivity index (χ4n) is 2.17. The van der Waals surface area contributed by atoms with E-state index in [1.165, 1.54) is 0 Å². The molecule has 0 spiro atoms. The minimum absolute atomic E-state index is 0.193. The first kappa shape index (κ1) is 16.7. The molecule has 10 heteroatoms. The molecule has 3 rings (SSSR count). The Labute approximate surface area is 141 Å². The number of anilines is 1. The molecule has 1 aromatic carbocycles. The zero-order valence-electron chi connectivity index (χ0n) is 11.8. The number of halogens is 3. The van der Waals surface area contributed by atoms with Crippen LogP contribution in [-0.4, -0.2) is 22.2 Å². The fraction of sp³-hybridized carbons (Fsp3) is 0.143. The van der Waals surface area contributed by atoms with Crippen molar-refractivity contribution in [2.75, 3.05) is 5.73 Å². The molecule has 0 saturated carbocycles. The monoisotopic (exact) mass is 373 g/mol. The number of thiophene rings is 1. The summed E-state index contributed by atoms with van der Waals surface area (Å²) < 4.78 is 41.6. The predicted molar refractivity (Wildman–Crippen MR) is 85.9 cm³/mol. The highest BCUT2D eigenvalue weighted by molar-refractivity contribution is 7.19. The van der Waals surface area contributed by atoms with Crippen molar-refractivity contribution in [1.29, 1.82) is 0 Å². The molecule has 0 fully saturated rings. The second-order valence-corrected chi connectivity index (χ2v) is 7.06. The van der Waals surface area contributed by atoms with Gasteiger partial charge in [-0.2, -0.15) is 13.2 Å². The van der Waals surface area contributed by atoms with E-state index in [1.54, 1.807) is 24.3 Å². The van der Waals surface area contributed by atoms with Gasteiger partial charge in [-0.3, -0.25) is 4.79 Å². The van der Waals surface area contributed by atoms with Gasteiger partial charge in [-0.25, -0.2) is 4.98 Å². The summed E-state index contributed by atoms with van der Waals surface area (Å²) in [6.45, 7) is 0. The third-order valence-corrected chi connectivity index (χ3v) is 5.61. The molecule has 3 aromatic rings. The summed E-state index contributed by atoms with van der Waals surface area (Å²) >= 11 is 1.17. The largest absolute Gasteiger partial charge is 0.428 e. The number of carbonyl (C=O) groups excluding carboxylic acids is 1. The Morgan fingerprint density at radius 1 is 1.21 bits per heavy atom. The van der Waals surface area contributed by atoms with Gasteiger partial charge < -0.3 is 16.6 Å². The number of rotatable bonds is 3. The molecule has 0 aliphatic carbocycles. The van der Waals surface area contributed by atoms with Crippen LogP contribution in [0.2, 0.25) is 0 Å². The number of para-hydroxylation sites is 1. The number of benzene rings is 1. The first-order valence-electron chi connectivity index (χ1n) is 6.49. The number of aromatic nitrogens is 1. The molecule has 24 heavy (non-hydrogen) atoms. The van der Waals surface area contributed by atoms with Gasteiger partial charge >= 0.3 is 6.18 Å². The van der Waals surface area contributed by atoms with Gasteiger partial charge in [0.25, 0.3) is 5.91 Å². The van der Waals surface area contributed by atoms with Crippen LogP contribution in [0.5, 0.6) is 0 Å². The Balaban J connectivity index is 2.25. The Bertz CT molecular complexity index is 902. The number of aliphatic hydroxyl groups is 1. The quantitative estimate of drug-likeness (QED) is 0.657. The smallest absolute Gasteiger partial charge is 0.390 e. The van der Waals surface area contributed by atoms with Crippen molar-refractivity contribution in [3.05, 3.63) is 45.8 Å². The molecule has 0 radical (unpaired) electrons. The van der Waals surface area contributed by atoms with Crippen LogP contribution < -0.4 is 11.5 Å². The predicted octanol–water partition coefficient (Wildman–Crippen LogP) is 2.84. The maximum Gasteiger partial charge on any atom is 0.428 e. The number of primary amides is 1. The Morgan fingerprint density at radius 3 is 2.42 bits per heavy atom. The molecule has 2 heterocycles. The fourth-order valence-corrected chi connectivity index (χ4v) is 4.37. The number of thiazole rings is 1. The van der Waals surface area contributed by atoms with Crippen LogP contribution in [0.25, 0.3) is 10.2 Å².